The first-order valence-electron chi connectivity index (χ1n) is 12.1. The van der Waals surface area contributed by atoms with E-state index in [9.17, 15) is 22.4 Å². The highest BCUT2D eigenvalue weighted by molar-refractivity contribution is 7.92. The molecule has 0 heterocycles. The first-order chi connectivity index (χ1) is 17.0. The lowest BCUT2D eigenvalue weighted by Crippen LogP contribution is -2.61. The molecule has 4 fully saturated rings. The fraction of sp³-hybridized carbons (Fsp3) is 0.462. The van der Waals surface area contributed by atoms with E-state index in [0.29, 0.717) is 17.8 Å². The number of halogens is 2. The van der Waals surface area contributed by atoms with Crippen LogP contribution in [0.4, 0.5) is 10.1 Å². The van der Waals surface area contributed by atoms with Crippen molar-refractivity contribution in [1.29, 1.82) is 0 Å². The maximum absolute atomic E-state index is 13.1. The number of rotatable bonds is 7. The van der Waals surface area contributed by atoms with Gasteiger partial charge in [0.2, 0.25) is 0 Å². The summed E-state index contributed by atoms with van der Waals surface area (Å²) in [6, 6.07) is 8.42. The van der Waals surface area contributed by atoms with Gasteiger partial charge in [-0.05, 0) is 106 Å². The minimum Gasteiger partial charge on any atom is -0.449 e. The van der Waals surface area contributed by atoms with Crippen LogP contribution in [0.25, 0.3) is 0 Å². The molecule has 4 bridgehead atoms. The summed E-state index contributed by atoms with van der Waals surface area (Å²) in [5, 5.41) is 3.18. The molecule has 2 N–H and O–H groups in total. The zero-order valence-electron chi connectivity index (χ0n) is 19.8. The highest BCUT2D eigenvalue weighted by atomic mass is 35.5. The Balaban J connectivity index is 1.26. The lowest BCUT2D eigenvalue weighted by Gasteiger charge is -2.57. The van der Waals surface area contributed by atoms with Gasteiger partial charge in [0.15, 0.2) is 6.10 Å². The summed E-state index contributed by atoms with van der Waals surface area (Å²) < 4.78 is 46.4. The van der Waals surface area contributed by atoms with Gasteiger partial charge in [0, 0.05) is 11.2 Å². The van der Waals surface area contributed by atoms with Crippen LogP contribution in [-0.4, -0.2) is 31.9 Å². The maximum atomic E-state index is 13.1. The van der Waals surface area contributed by atoms with Gasteiger partial charge in [0.1, 0.15) is 5.82 Å². The van der Waals surface area contributed by atoms with E-state index < -0.39 is 27.9 Å². The molecule has 2 aromatic carbocycles. The fourth-order valence-electron chi connectivity index (χ4n) is 6.46. The van der Waals surface area contributed by atoms with Crippen molar-refractivity contribution >= 4 is 39.2 Å². The molecule has 1 atom stereocenters. The normalized spacial score (nSPS) is 27.4. The van der Waals surface area contributed by atoms with Crippen molar-refractivity contribution in [3.8, 4) is 0 Å². The number of carbonyl (C=O) groups is 2. The van der Waals surface area contributed by atoms with Crippen molar-refractivity contribution in [3.63, 3.8) is 0 Å². The first kappa shape index (κ1) is 25.0. The average molecular weight is 535 g/mol. The van der Waals surface area contributed by atoms with Crippen molar-refractivity contribution in [3.05, 3.63) is 58.9 Å². The number of esters is 1. The van der Waals surface area contributed by atoms with Crippen LogP contribution in [-0.2, 0) is 19.6 Å². The molecule has 36 heavy (non-hydrogen) atoms. The summed E-state index contributed by atoms with van der Waals surface area (Å²) in [6.45, 7) is 1.50. The summed E-state index contributed by atoms with van der Waals surface area (Å²) in [6.07, 6.45) is 5.57. The van der Waals surface area contributed by atoms with Crippen LogP contribution in [0.2, 0.25) is 5.02 Å². The molecule has 1 amide bonds. The highest BCUT2D eigenvalue weighted by Gasteiger charge is 2.51. The second-order valence-corrected chi connectivity index (χ2v) is 12.6. The van der Waals surface area contributed by atoms with Crippen LogP contribution in [0.15, 0.2) is 47.4 Å². The number of benzene rings is 2. The Morgan fingerprint density at radius 1 is 1.03 bits per heavy atom. The largest absolute Gasteiger partial charge is 0.449 e. The summed E-state index contributed by atoms with van der Waals surface area (Å²) in [5.41, 5.74) is -0.233. The third-order valence-electron chi connectivity index (χ3n) is 7.64. The van der Waals surface area contributed by atoms with Crippen LogP contribution < -0.4 is 10.0 Å². The molecule has 10 heteroatoms. The van der Waals surface area contributed by atoms with Crippen LogP contribution in [0, 0.1) is 23.6 Å². The second kappa shape index (κ2) is 9.34. The van der Waals surface area contributed by atoms with E-state index in [1.54, 1.807) is 0 Å². The Kier molecular flexibility index (Phi) is 6.49. The standard InChI is InChI=1S/C26H28ClFN2O5S/c1-15(24(31)29-26-12-16-8-17(13-26)10-18(9-16)14-26)35-25(32)22-11-21(6-7-23(22)27)36(33,34)30-20-4-2-19(28)3-5-20/h2-7,11,15-18,30H,8-10,12-14H2,1H3,(H,29,31)/t15-,16?,17?,18?,26?/m0/s1. The molecule has 2 aromatic rings. The lowest BCUT2D eigenvalue weighted by atomic mass is 9.53. The minimum atomic E-state index is -4.09. The van der Waals surface area contributed by atoms with Gasteiger partial charge in [-0.1, -0.05) is 11.6 Å². The molecule has 4 saturated carbocycles. The van der Waals surface area contributed by atoms with Gasteiger partial charge in [-0.2, -0.15) is 0 Å². The Labute approximate surface area is 214 Å². The van der Waals surface area contributed by atoms with E-state index in [1.807, 2.05) is 0 Å². The van der Waals surface area contributed by atoms with Crippen LogP contribution in [0.3, 0.4) is 0 Å². The number of anilines is 1. The molecular formula is C26H28ClFN2O5S. The van der Waals surface area contributed by atoms with Crippen molar-refractivity contribution in [2.24, 2.45) is 17.8 Å². The zero-order chi connectivity index (χ0) is 25.7. The molecule has 4 aliphatic rings. The Bertz CT molecular complexity index is 1260. The van der Waals surface area contributed by atoms with Crippen molar-refractivity contribution in [1.82, 2.24) is 5.32 Å². The van der Waals surface area contributed by atoms with E-state index in [1.165, 1.54) is 50.5 Å². The maximum Gasteiger partial charge on any atom is 0.340 e. The van der Waals surface area contributed by atoms with Crippen molar-refractivity contribution in [2.45, 2.75) is 62.0 Å². The molecule has 7 nitrogen and oxygen atoms in total. The predicted molar refractivity (Wildman–Crippen MR) is 133 cm³/mol. The predicted octanol–water partition coefficient (Wildman–Crippen LogP) is 4.91. The minimum absolute atomic E-state index is 0.00516. The molecule has 6 rings (SSSR count). The van der Waals surface area contributed by atoms with Crippen LogP contribution in [0.1, 0.15) is 55.8 Å². The second-order valence-electron chi connectivity index (χ2n) is 10.5. The van der Waals surface area contributed by atoms with E-state index in [2.05, 4.69) is 10.0 Å². The fourth-order valence-corrected chi connectivity index (χ4v) is 7.74. The van der Waals surface area contributed by atoms with E-state index in [-0.39, 0.29) is 32.6 Å². The van der Waals surface area contributed by atoms with Gasteiger partial charge in [-0.25, -0.2) is 17.6 Å². The molecule has 0 saturated heterocycles. The smallest absolute Gasteiger partial charge is 0.340 e. The van der Waals surface area contributed by atoms with Gasteiger partial charge in [-0.3, -0.25) is 9.52 Å². The molecule has 0 spiro atoms. The molecule has 192 valence electrons. The molecule has 0 radical (unpaired) electrons. The van der Waals surface area contributed by atoms with Gasteiger partial charge in [0.05, 0.1) is 15.5 Å². The quantitative estimate of drug-likeness (QED) is 0.491. The number of sulfonamides is 1. The Morgan fingerprint density at radius 2 is 1.61 bits per heavy atom. The van der Waals surface area contributed by atoms with Crippen molar-refractivity contribution < 1.29 is 27.1 Å². The number of ether oxygens (including phenoxy) is 1. The van der Waals surface area contributed by atoms with Gasteiger partial charge in [0.25, 0.3) is 15.9 Å². The summed E-state index contributed by atoms with van der Waals surface area (Å²) in [5.74, 6) is 0.204. The molecule has 4 aliphatic carbocycles. The SMILES string of the molecule is C[C@H](OC(=O)c1cc(S(=O)(=O)Nc2ccc(F)cc2)ccc1Cl)C(=O)NC12CC3CC(CC(C3)C1)C2. The summed E-state index contributed by atoms with van der Waals surface area (Å²) in [7, 11) is -4.09. The van der Waals surface area contributed by atoms with Gasteiger partial charge >= 0.3 is 5.97 Å². The third-order valence-corrected chi connectivity index (χ3v) is 9.35. The first-order valence-corrected chi connectivity index (χ1v) is 14.0. The topological polar surface area (TPSA) is 102 Å². The Morgan fingerprint density at radius 3 is 2.19 bits per heavy atom. The third kappa shape index (κ3) is 5.09. The number of carbonyl (C=O) groups excluding carboxylic acids is 2. The molecule has 0 aliphatic heterocycles. The number of nitrogens with one attached hydrogen (secondary N) is 2. The molecular weight excluding hydrogens is 507 g/mol. The van der Waals surface area contributed by atoms with Crippen LogP contribution in [0.5, 0.6) is 0 Å². The van der Waals surface area contributed by atoms with E-state index >= 15 is 0 Å². The molecule has 0 unspecified atom stereocenters. The number of hydrogen-bond acceptors (Lipinski definition) is 5. The van der Waals surface area contributed by atoms with E-state index in [4.69, 9.17) is 16.3 Å². The van der Waals surface area contributed by atoms with E-state index in [0.717, 1.165) is 37.5 Å². The number of amides is 1. The Hall–Kier alpha value is -2.65. The zero-order valence-corrected chi connectivity index (χ0v) is 21.4. The van der Waals surface area contributed by atoms with Gasteiger partial charge in [-0.15, -0.1) is 0 Å². The monoisotopic (exact) mass is 534 g/mol. The van der Waals surface area contributed by atoms with Crippen molar-refractivity contribution in [2.75, 3.05) is 4.72 Å². The summed E-state index contributed by atoms with van der Waals surface area (Å²) >= 11 is 6.17. The van der Waals surface area contributed by atoms with Crippen LogP contribution >= 0.6 is 11.6 Å². The summed E-state index contributed by atoms with van der Waals surface area (Å²) in [4.78, 5) is 25.6. The highest BCUT2D eigenvalue weighted by Crippen LogP contribution is 2.55. The molecule has 0 aromatic heterocycles. The van der Waals surface area contributed by atoms with Gasteiger partial charge < -0.3 is 10.1 Å². The lowest BCUT2D eigenvalue weighted by molar-refractivity contribution is -0.134. The average Bonchev–Trinajstić information content (AvgIpc) is 2.79. The number of hydrogen-bond donors (Lipinski definition) is 2.